The number of benzene rings is 1. The molecule has 1 aromatic rings. The van der Waals surface area contributed by atoms with E-state index in [1.807, 2.05) is 0 Å². The minimum Gasteiger partial charge on any atom is -0.382 e. The highest BCUT2D eigenvalue weighted by molar-refractivity contribution is 5.24. The first kappa shape index (κ1) is 16.0. The van der Waals surface area contributed by atoms with Gasteiger partial charge in [-0.1, -0.05) is 6.07 Å². The molecular formula is C14H22FNO3. The van der Waals surface area contributed by atoms with Crippen molar-refractivity contribution in [3.63, 3.8) is 0 Å². The molecule has 0 unspecified atom stereocenters. The van der Waals surface area contributed by atoms with E-state index in [9.17, 15) is 4.39 Å². The predicted octanol–water partition coefficient (Wildman–Crippen LogP) is 1.85. The van der Waals surface area contributed by atoms with Crippen LogP contribution < -0.4 is 5.73 Å². The number of rotatable bonds is 10. The quantitative estimate of drug-likeness (QED) is 0.660. The lowest BCUT2D eigenvalue weighted by Gasteiger charge is -2.07. The van der Waals surface area contributed by atoms with Gasteiger partial charge in [0.2, 0.25) is 0 Å². The van der Waals surface area contributed by atoms with Crippen molar-refractivity contribution in [1.82, 2.24) is 0 Å². The summed E-state index contributed by atoms with van der Waals surface area (Å²) in [6, 6.07) is 4.85. The number of hydrogen-bond acceptors (Lipinski definition) is 4. The summed E-state index contributed by atoms with van der Waals surface area (Å²) in [5, 5.41) is 0. The summed E-state index contributed by atoms with van der Waals surface area (Å²) >= 11 is 0. The first-order valence-corrected chi connectivity index (χ1v) is 6.39. The third-order valence-corrected chi connectivity index (χ3v) is 2.61. The van der Waals surface area contributed by atoms with Crippen LogP contribution in [0.25, 0.3) is 0 Å². The Kier molecular flexibility index (Phi) is 8.33. The van der Waals surface area contributed by atoms with E-state index < -0.39 is 0 Å². The van der Waals surface area contributed by atoms with Crippen molar-refractivity contribution in [2.45, 2.75) is 19.6 Å². The van der Waals surface area contributed by atoms with E-state index in [0.717, 1.165) is 12.0 Å². The maximum Gasteiger partial charge on any atom is 0.128 e. The van der Waals surface area contributed by atoms with Crippen LogP contribution in [-0.2, 0) is 27.4 Å². The minimum absolute atomic E-state index is 0.256. The molecular weight excluding hydrogens is 249 g/mol. The number of nitrogens with two attached hydrogens (primary N) is 1. The molecule has 0 aliphatic carbocycles. The van der Waals surface area contributed by atoms with Gasteiger partial charge in [-0.05, 0) is 24.1 Å². The maximum atomic E-state index is 13.5. The highest BCUT2D eigenvalue weighted by atomic mass is 19.1. The summed E-state index contributed by atoms with van der Waals surface area (Å²) in [5.41, 5.74) is 6.96. The molecule has 2 N–H and O–H groups in total. The first-order valence-electron chi connectivity index (χ1n) is 6.39. The average Bonchev–Trinajstić information content (AvgIpc) is 2.43. The molecule has 0 fully saturated rings. The summed E-state index contributed by atoms with van der Waals surface area (Å²) in [7, 11) is 1.64. The summed E-state index contributed by atoms with van der Waals surface area (Å²) in [5.74, 6) is -0.256. The van der Waals surface area contributed by atoms with Crippen molar-refractivity contribution in [3.05, 3.63) is 35.1 Å². The van der Waals surface area contributed by atoms with Crippen LogP contribution >= 0.6 is 0 Å². The molecule has 0 spiro atoms. The Hall–Kier alpha value is -1.01. The Balaban J connectivity index is 2.15. The lowest BCUT2D eigenvalue weighted by molar-refractivity contribution is 0.0479. The molecule has 108 valence electrons. The normalized spacial score (nSPS) is 10.9. The van der Waals surface area contributed by atoms with Crippen molar-refractivity contribution in [2.24, 2.45) is 5.73 Å². The second-order valence-electron chi connectivity index (χ2n) is 4.14. The molecule has 0 amide bonds. The zero-order valence-electron chi connectivity index (χ0n) is 11.4. The maximum absolute atomic E-state index is 13.5. The smallest absolute Gasteiger partial charge is 0.128 e. The van der Waals surface area contributed by atoms with Crippen LogP contribution in [0.4, 0.5) is 4.39 Å². The fraction of sp³-hybridized carbons (Fsp3) is 0.571. The summed E-state index contributed by atoms with van der Waals surface area (Å²) in [6.07, 6.45) is 0.780. The van der Waals surface area contributed by atoms with E-state index in [-0.39, 0.29) is 12.4 Å². The van der Waals surface area contributed by atoms with E-state index in [1.165, 1.54) is 6.07 Å². The standard InChI is InChI=1S/C14H22FNO3/c1-17-7-8-18-5-2-6-19-11-13-9-12(10-16)3-4-14(13)15/h3-4,9H,2,5-8,10-11,16H2,1H3. The van der Waals surface area contributed by atoms with Gasteiger partial charge in [0.15, 0.2) is 0 Å². The van der Waals surface area contributed by atoms with Crippen LogP contribution in [0.2, 0.25) is 0 Å². The number of halogens is 1. The van der Waals surface area contributed by atoms with Crippen molar-refractivity contribution in [3.8, 4) is 0 Å². The van der Waals surface area contributed by atoms with Gasteiger partial charge in [-0.3, -0.25) is 0 Å². The monoisotopic (exact) mass is 271 g/mol. The third-order valence-electron chi connectivity index (χ3n) is 2.61. The molecule has 1 aromatic carbocycles. The zero-order chi connectivity index (χ0) is 13.9. The largest absolute Gasteiger partial charge is 0.382 e. The molecule has 0 bridgehead atoms. The van der Waals surface area contributed by atoms with E-state index in [4.69, 9.17) is 19.9 Å². The van der Waals surface area contributed by atoms with E-state index >= 15 is 0 Å². The Morgan fingerprint density at radius 2 is 1.89 bits per heavy atom. The van der Waals surface area contributed by atoms with Crippen molar-refractivity contribution < 1.29 is 18.6 Å². The van der Waals surface area contributed by atoms with E-state index in [2.05, 4.69) is 0 Å². The van der Waals surface area contributed by atoms with Crippen molar-refractivity contribution >= 4 is 0 Å². The topological polar surface area (TPSA) is 53.7 Å². The molecule has 0 saturated heterocycles. The summed E-state index contributed by atoms with van der Waals surface area (Å²) < 4.78 is 29.0. The van der Waals surface area contributed by atoms with Crippen LogP contribution in [0.15, 0.2) is 18.2 Å². The summed E-state index contributed by atoms with van der Waals surface area (Å²) in [4.78, 5) is 0. The molecule has 0 heterocycles. The molecule has 19 heavy (non-hydrogen) atoms. The van der Waals surface area contributed by atoms with Gasteiger partial charge in [-0.25, -0.2) is 4.39 Å². The van der Waals surface area contributed by atoms with Crippen LogP contribution in [0.1, 0.15) is 17.5 Å². The van der Waals surface area contributed by atoms with Gasteiger partial charge in [-0.15, -0.1) is 0 Å². The van der Waals surface area contributed by atoms with Gasteiger partial charge >= 0.3 is 0 Å². The Bertz CT molecular complexity index is 361. The molecule has 0 aliphatic rings. The Morgan fingerprint density at radius 1 is 1.11 bits per heavy atom. The van der Waals surface area contributed by atoms with Crippen LogP contribution in [-0.4, -0.2) is 33.5 Å². The molecule has 0 atom stereocenters. The third kappa shape index (κ3) is 6.63. The van der Waals surface area contributed by atoms with Gasteiger partial charge in [0, 0.05) is 32.4 Å². The number of hydrogen-bond donors (Lipinski definition) is 1. The van der Waals surface area contributed by atoms with E-state index in [0.29, 0.717) is 38.5 Å². The molecule has 0 saturated carbocycles. The molecule has 0 radical (unpaired) electrons. The molecule has 0 aliphatic heterocycles. The summed E-state index contributed by atoms with van der Waals surface area (Å²) in [6.45, 7) is 3.01. The second kappa shape index (κ2) is 9.86. The minimum atomic E-state index is -0.256. The highest BCUT2D eigenvalue weighted by Gasteiger charge is 2.03. The van der Waals surface area contributed by atoms with Gasteiger partial charge in [0.1, 0.15) is 5.82 Å². The fourth-order valence-electron chi connectivity index (χ4n) is 1.56. The van der Waals surface area contributed by atoms with Crippen molar-refractivity contribution in [1.29, 1.82) is 0 Å². The Labute approximate surface area is 113 Å². The molecule has 5 heteroatoms. The average molecular weight is 271 g/mol. The van der Waals surface area contributed by atoms with Gasteiger partial charge < -0.3 is 19.9 Å². The molecule has 4 nitrogen and oxygen atoms in total. The first-order chi connectivity index (χ1) is 9.27. The Morgan fingerprint density at radius 3 is 2.63 bits per heavy atom. The van der Waals surface area contributed by atoms with Crippen LogP contribution in [0.3, 0.4) is 0 Å². The fourth-order valence-corrected chi connectivity index (χ4v) is 1.56. The second-order valence-corrected chi connectivity index (χ2v) is 4.14. The van der Waals surface area contributed by atoms with Gasteiger partial charge in [0.05, 0.1) is 19.8 Å². The molecule has 1 rings (SSSR count). The lowest BCUT2D eigenvalue weighted by Crippen LogP contribution is -2.06. The number of methoxy groups -OCH3 is 1. The van der Waals surface area contributed by atoms with Crippen LogP contribution in [0, 0.1) is 5.82 Å². The van der Waals surface area contributed by atoms with E-state index in [1.54, 1.807) is 19.2 Å². The van der Waals surface area contributed by atoms with Crippen molar-refractivity contribution in [2.75, 3.05) is 33.5 Å². The zero-order valence-corrected chi connectivity index (χ0v) is 11.4. The van der Waals surface area contributed by atoms with Crippen LogP contribution in [0.5, 0.6) is 0 Å². The SMILES string of the molecule is COCCOCCCOCc1cc(CN)ccc1F. The molecule has 0 aromatic heterocycles. The number of ether oxygens (including phenoxy) is 3. The predicted molar refractivity (Wildman–Crippen MR) is 71.3 cm³/mol. The lowest BCUT2D eigenvalue weighted by atomic mass is 10.1. The van der Waals surface area contributed by atoms with Gasteiger partial charge in [0.25, 0.3) is 0 Å². The highest BCUT2D eigenvalue weighted by Crippen LogP contribution is 2.11. The van der Waals surface area contributed by atoms with Gasteiger partial charge in [-0.2, -0.15) is 0 Å².